The summed E-state index contributed by atoms with van der Waals surface area (Å²) in [6.07, 6.45) is 0. The molecule has 1 heterocycles. The van der Waals surface area contributed by atoms with Gasteiger partial charge in [0.15, 0.2) is 0 Å². The molecule has 1 aliphatic carbocycles. The van der Waals surface area contributed by atoms with Crippen LogP contribution in [-0.2, 0) is 5.41 Å². The van der Waals surface area contributed by atoms with E-state index in [1.165, 1.54) is 22.3 Å². The molecular weight excluding hydrogens is 579 g/mol. The fraction of sp³-hybridized carbons (Fsp3) is 0.0233. The van der Waals surface area contributed by atoms with Gasteiger partial charge in [-0.3, -0.25) is 0 Å². The van der Waals surface area contributed by atoms with Crippen LogP contribution in [0.25, 0.3) is 22.3 Å². The third-order valence-corrected chi connectivity index (χ3v) is 13.3. The summed E-state index contributed by atoms with van der Waals surface area (Å²) in [5.41, 5.74) is 9.01. The topological polar surface area (TPSA) is 29.5 Å². The molecule has 0 amide bonds. The molecule has 2 aliphatic rings. The molecule has 0 atom stereocenters. The van der Waals surface area contributed by atoms with Crippen LogP contribution in [0.2, 0.25) is 0 Å². The summed E-state index contributed by atoms with van der Waals surface area (Å²) in [4.78, 5) is 12.6. The van der Waals surface area contributed by atoms with E-state index in [-0.39, 0.29) is 0 Å². The summed E-state index contributed by atoms with van der Waals surface area (Å²) in [6, 6.07) is 61.4. The van der Waals surface area contributed by atoms with Gasteiger partial charge in [0.25, 0.3) is 0 Å². The first kappa shape index (κ1) is 27.1. The van der Waals surface area contributed by atoms with Crippen molar-refractivity contribution in [2.45, 2.75) is 5.41 Å². The number of ether oxygens (including phenoxy) is 1. The Morgan fingerprint density at radius 3 is 1.54 bits per heavy atom. The number of rotatable bonds is 4. The number of fused-ring (bicyclic) bond motifs is 9. The van der Waals surface area contributed by atoms with Crippen LogP contribution in [0.4, 0.5) is 0 Å². The first-order chi connectivity index (χ1) is 22.7. The van der Waals surface area contributed by atoms with E-state index in [0.29, 0.717) is 0 Å². The second kappa shape index (κ2) is 10.4. The molecule has 1 N–H and O–H groups in total. The van der Waals surface area contributed by atoms with Crippen LogP contribution in [0.5, 0.6) is 11.5 Å². The summed E-state index contributed by atoms with van der Waals surface area (Å²) in [5, 5.41) is 2.87. The third-order valence-electron chi connectivity index (χ3n) is 9.85. The van der Waals surface area contributed by atoms with E-state index >= 15 is 0 Å². The second-order valence-corrected chi connectivity index (χ2v) is 15.3. The van der Waals surface area contributed by atoms with Crippen molar-refractivity contribution in [1.82, 2.24) is 0 Å². The Morgan fingerprint density at radius 1 is 0.391 bits per heavy atom. The predicted octanol–water partition coefficient (Wildman–Crippen LogP) is 8.76. The molecule has 0 radical (unpaired) electrons. The molecule has 7 aromatic rings. The zero-order valence-corrected chi connectivity index (χ0v) is 26.1. The molecule has 2 nitrogen and oxygen atoms in total. The van der Waals surface area contributed by atoms with Crippen LogP contribution >= 0.6 is 7.49 Å². The van der Waals surface area contributed by atoms with E-state index in [4.69, 9.17) is 4.74 Å². The Kier molecular flexibility index (Phi) is 6.12. The maximum absolute atomic E-state index is 12.6. The third kappa shape index (κ3) is 3.78. The molecule has 1 aliphatic heterocycles. The minimum atomic E-state index is -3.25. The van der Waals surface area contributed by atoms with Crippen LogP contribution in [0.3, 0.4) is 0 Å². The molecule has 46 heavy (non-hydrogen) atoms. The van der Waals surface area contributed by atoms with Crippen LogP contribution < -0.4 is 20.7 Å². The van der Waals surface area contributed by atoms with Gasteiger partial charge in [-0.2, -0.15) is 0 Å². The summed E-state index contributed by atoms with van der Waals surface area (Å²) >= 11 is 0. The van der Waals surface area contributed by atoms with Crippen LogP contribution in [0, 0.1) is 0 Å². The van der Waals surface area contributed by atoms with E-state index in [0.717, 1.165) is 49.7 Å². The van der Waals surface area contributed by atoms with Crippen molar-refractivity contribution < 1.29 is 9.63 Å². The predicted molar refractivity (Wildman–Crippen MR) is 192 cm³/mol. The molecule has 7 aromatic carbocycles. The molecule has 0 saturated carbocycles. The summed E-state index contributed by atoms with van der Waals surface area (Å²) in [7, 11) is -3.25. The standard InChI is InChI=1S/C43H31O2P/c44-46(32-15-3-1-4-16-32,33-17-5-2-6-18-33)34-19-13-14-30(28-34)31-26-27-40-42(29-31)45-41-25-12-11-24-39(41)43(40)37-22-9-7-20-35(37)36-21-8-10-23-38(36)43/h1-29,44,46H. The van der Waals surface area contributed by atoms with Gasteiger partial charge >= 0.3 is 270 Å². The van der Waals surface area contributed by atoms with E-state index in [9.17, 15) is 4.89 Å². The molecule has 9 rings (SSSR count). The SMILES string of the molecule is O[PH](c1ccccc1)(c1ccccc1)c1cccc(-c2ccc3c(c2)Oc2ccccc2C32c3ccccc3-c3ccccc32)c1. The average molecular weight is 611 g/mol. The number of benzene rings is 7. The Balaban J connectivity index is 1.24. The Labute approximate surface area is 269 Å². The van der Waals surface area contributed by atoms with Crippen molar-refractivity contribution in [3.05, 3.63) is 198 Å². The van der Waals surface area contributed by atoms with Gasteiger partial charge in [-0.15, -0.1) is 0 Å². The molecule has 0 unspecified atom stereocenters. The number of hydrogen-bond acceptors (Lipinski definition) is 2. The first-order valence-corrected chi connectivity index (χ1v) is 17.7. The van der Waals surface area contributed by atoms with Gasteiger partial charge in [-0.25, -0.2) is 0 Å². The molecule has 0 bridgehead atoms. The van der Waals surface area contributed by atoms with Gasteiger partial charge in [0.2, 0.25) is 0 Å². The molecule has 220 valence electrons. The van der Waals surface area contributed by atoms with Gasteiger partial charge in [-0.05, 0) is 0 Å². The Bertz CT molecular complexity index is 2170. The molecule has 0 saturated heterocycles. The maximum atomic E-state index is 12.6. The molecular formula is C43H31O2P. The summed E-state index contributed by atoms with van der Waals surface area (Å²) < 4.78 is 6.75. The van der Waals surface area contributed by atoms with Gasteiger partial charge in [0, 0.05) is 0 Å². The van der Waals surface area contributed by atoms with Crippen molar-refractivity contribution in [3.8, 4) is 33.8 Å². The zero-order chi connectivity index (χ0) is 30.7. The van der Waals surface area contributed by atoms with E-state index in [1.54, 1.807) is 0 Å². The van der Waals surface area contributed by atoms with Gasteiger partial charge in [-0.1, -0.05) is 0 Å². The normalized spacial score (nSPS) is 14.0. The van der Waals surface area contributed by atoms with E-state index in [2.05, 4.69) is 115 Å². The molecule has 0 aromatic heterocycles. The van der Waals surface area contributed by atoms with Crippen molar-refractivity contribution in [1.29, 1.82) is 0 Å². The fourth-order valence-corrected chi connectivity index (χ4v) is 10.9. The van der Waals surface area contributed by atoms with Crippen LogP contribution in [-0.4, -0.2) is 4.89 Å². The average Bonchev–Trinajstić information content (AvgIpc) is 3.43. The van der Waals surface area contributed by atoms with Gasteiger partial charge in [0.1, 0.15) is 0 Å². The van der Waals surface area contributed by atoms with Crippen LogP contribution in [0.15, 0.2) is 176 Å². The Morgan fingerprint density at radius 2 is 0.891 bits per heavy atom. The summed E-state index contributed by atoms with van der Waals surface area (Å²) in [6.45, 7) is 0. The van der Waals surface area contributed by atoms with Crippen molar-refractivity contribution >= 4 is 23.4 Å². The van der Waals surface area contributed by atoms with Crippen molar-refractivity contribution in [2.24, 2.45) is 0 Å². The van der Waals surface area contributed by atoms with E-state index < -0.39 is 12.9 Å². The second-order valence-electron chi connectivity index (χ2n) is 12.2. The quantitative estimate of drug-likeness (QED) is 0.202. The van der Waals surface area contributed by atoms with E-state index in [1.807, 2.05) is 60.7 Å². The number of para-hydroxylation sites is 1. The van der Waals surface area contributed by atoms with Gasteiger partial charge < -0.3 is 0 Å². The Hall–Kier alpha value is -5.27. The summed E-state index contributed by atoms with van der Waals surface area (Å²) in [5.74, 6) is 1.73. The molecule has 3 heteroatoms. The molecule has 0 fully saturated rings. The zero-order valence-electron chi connectivity index (χ0n) is 25.1. The van der Waals surface area contributed by atoms with Crippen molar-refractivity contribution in [3.63, 3.8) is 0 Å². The monoisotopic (exact) mass is 610 g/mol. The number of hydrogen-bond donors (Lipinski definition) is 1. The fourth-order valence-electron chi connectivity index (χ4n) is 7.82. The minimum absolute atomic E-state index is 0.481. The van der Waals surface area contributed by atoms with Crippen molar-refractivity contribution in [2.75, 3.05) is 0 Å². The van der Waals surface area contributed by atoms with Gasteiger partial charge in [0.05, 0.1) is 0 Å². The van der Waals surface area contributed by atoms with Crippen LogP contribution in [0.1, 0.15) is 22.3 Å². The first-order valence-electron chi connectivity index (χ1n) is 15.7. The molecule has 1 spiro atoms.